The first kappa shape index (κ1) is 15.6. The van der Waals surface area contributed by atoms with Crippen molar-refractivity contribution in [2.75, 3.05) is 13.2 Å². The van der Waals surface area contributed by atoms with E-state index in [-0.39, 0.29) is 23.8 Å². The van der Waals surface area contributed by atoms with E-state index < -0.39 is 5.97 Å². The van der Waals surface area contributed by atoms with Gasteiger partial charge in [0.15, 0.2) is 11.5 Å². The van der Waals surface area contributed by atoms with Crippen LogP contribution in [0.5, 0.6) is 11.5 Å². The number of carboxylic acid groups (broad SMARTS) is 1. The number of amides is 1. The van der Waals surface area contributed by atoms with E-state index in [0.29, 0.717) is 44.6 Å². The van der Waals surface area contributed by atoms with Gasteiger partial charge in [0.1, 0.15) is 12.7 Å². The summed E-state index contributed by atoms with van der Waals surface area (Å²) in [5.41, 5.74) is 0. The highest BCUT2D eigenvalue weighted by Gasteiger charge is 2.30. The van der Waals surface area contributed by atoms with Crippen LogP contribution < -0.4 is 14.8 Å². The van der Waals surface area contributed by atoms with Gasteiger partial charge in [-0.2, -0.15) is 0 Å². The zero-order valence-electron chi connectivity index (χ0n) is 12.9. The van der Waals surface area contributed by atoms with Crippen LogP contribution in [0.25, 0.3) is 0 Å². The molecule has 0 saturated heterocycles. The highest BCUT2D eigenvalue weighted by Crippen LogP contribution is 2.31. The van der Waals surface area contributed by atoms with Gasteiger partial charge in [-0.1, -0.05) is 12.1 Å². The fourth-order valence-corrected chi connectivity index (χ4v) is 3.12. The lowest BCUT2D eigenvalue weighted by molar-refractivity contribution is -0.144. The number of aliphatic carboxylic acids is 1. The van der Waals surface area contributed by atoms with Crippen molar-refractivity contribution in [1.29, 1.82) is 0 Å². The summed E-state index contributed by atoms with van der Waals surface area (Å²) in [5.74, 6) is 0.252. The van der Waals surface area contributed by atoms with Crippen molar-refractivity contribution in [2.24, 2.45) is 11.8 Å². The Morgan fingerprint density at radius 1 is 1.09 bits per heavy atom. The molecule has 1 heterocycles. The second kappa shape index (κ2) is 6.89. The van der Waals surface area contributed by atoms with E-state index in [9.17, 15) is 9.59 Å². The summed E-state index contributed by atoms with van der Waals surface area (Å²) in [4.78, 5) is 23.1. The van der Waals surface area contributed by atoms with Crippen LogP contribution in [0, 0.1) is 11.8 Å². The molecule has 1 unspecified atom stereocenters. The summed E-state index contributed by atoms with van der Waals surface area (Å²) >= 11 is 0. The first-order chi connectivity index (χ1) is 11.1. The van der Waals surface area contributed by atoms with E-state index in [0.717, 1.165) is 5.75 Å². The number of fused-ring (bicyclic) bond motifs is 1. The van der Waals surface area contributed by atoms with Gasteiger partial charge < -0.3 is 19.9 Å². The number of benzene rings is 1. The van der Waals surface area contributed by atoms with E-state index in [1.165, 1.54) is 0 Å². The molecule has 0 bridgehead atoms. The summed E-state index contributed by atoms with van der Waals surface area (Å²) in [7, 11) is 0. The zero-order valence-corrected chi connectivity index (χ0v) is 12.9. The molecule has 1 aromatic carbocycles. The van der Waals surface area contributed by atoms with Gasteiger partial charge in [0, 0.05) is 5.92 Å². The maximum atomic E-state index is 12.2. The molecule has 2 N–H and O–H groups in total. The summed E-state index contributed by atoms with van der Waals surface area (Å²) in [5, 5.41) is 11.9. The van der Waals surface area contributed by atoms with Crippen molar-refractivity contribution < 1.29 is 24.2 Å². The van der Waals surface area contributed by atoms with Crippen LogP contribution in [0.3, 0.4) is 0 Å². The van der Waals surface area contributed by atoms with Gasteiger partial charge >= 0.3 is 5.97 Å². The van der Waals surface area contributed by atoms with E-state index in [4.69, 9.17) is 14.6 Å². The molecule has 1 aliphatic heterocycles. The average Bonchev–Trinajstić information content (AvgIpc) is 2.59. The molecule has 124 valence electrons. The molecule has 0 aromatic heterocycles. The van der Waals surface area contributed by atoms with Crippen molar-refractivity contribution in [3.63, 3.8) is 0 Å². The van der Waals surface area contributed by atoms with E-state index in [2.05, 4.69) is 5.32 Å². The fourth-order valence-electron chi connectivity index (χ4n) is 3.12. The normalized spacial score (nSPS) is 26.3. The minimum absolute atomic E-state index is 0.0173. The Bertz CT molecular complexity index is 580. The number of rotatable bonds is 4. The van der Waals surface area contributed by atoms with Crippen LogP contribution >= 0.6 is 0 Å². The van der Waals surface area contributed by atoms with Crippen molar-refractivity contribution in [2.45, 2.75) is 31.8 Å². The van der Waals surface area contributed by atoms with E-state index in [1.807, 2.05) is 24.3 Å². The monoisotopic (exact) mass is 319 g/mol. The quantitative estimate of drug-likeness (QED) is 0.884. The molecule has 0 radical (unpaired) electrons. The highest BCUT2D eigenvalue weighted by molar-refractivity contribution is 5.79. The number of carboxylic acids is 1. The van der Waals surface area contributed by atoms with Crippen molar-refractivity contribution in [1.82, 2.24) is 5.32 Å². The molecule has 1 aromatic rings. The predicted octanol–water partition coefficient (Wildman–Crippen LogP) is 1.83. The summed E-state index contributed by atoms with van der Waals surface area (Å²) < 4.78 is 11.4. The standard InChI is InChI=1S/C17H21NO5/c19-16(11-5-7-12(8-6-11)17(20)21)18-9-13-10-22-14-3-1-2-4-15(14)23-13/h1-4,11-13H,5-10H2,(H,18,19)(H,20,21). The minimum Gasteiger partial charge on any atom is -0.486 e. The molecule has 0 spiro atoms. The van der Waals surface area contributed by atoms with Gasteiger partial charge in [-0.25, -0.2) is 0 Å². The lowest BCUT2D eigenvalue weighted by atomic mass is 9.81. The summed E-state index contributed by atoms with van der Waals surface area (Å²) in [6.07, 6.45) is 2.21. The van der Waals surface area contributed by atoms with Gasteiger partial charge in [-0.15, -0.1) is 0 Å². The summed E-state index contributed by atoms with van der Waals surface area (Å²) in [6, 6.07) is 7.46. The van der Waals surface area contributed by atoms with E-state index in [1.54, 1.807) is 0 Å². The number of hydrogen-bond donors (Lipinski definition) is 2. The maximum absolute atomic E-state index is 12.2. The van der Waals surface area contributed by atoms with Crippen molar-refractivity contribution >= 4 is 11.9 Å². The average molecular weight is 319 g/mol. The van der Waals surface area contributed by atoms with Gasteiger partial charge in [-0.3, -0.25) is 9.59 Å². The highest BCUT2D eigenvalue weighted by atomic mass is 16.6. The first-order valence-corrected chi connectivity index (χ1v) is 8.02. The maximum Gasteiger partial charge on any atom is 0.306 e. The molecule has 1 atom stereocenters. The minimum atomic E-state index is -0.754. The Labute approximate surface area is 134 Å². The fraction of sp³-hybridized carbons (Fsp3) is 0.529. The Kier molecular flexibility index (Phi) is 4.69. The molecule has 6 heteroatoms. The Morgan fingerprint density at radius 3 is 2.43 bits per heavy atom. The van der Waals surface area contributed by atoms with Gasteiger partial charge in [0.25, 0.3) is 0 Å². The number of carbonyl (C=O) groups excluding carboxylic acids is 1. The number of para-hydroxylation sites is 2. The third kappa shape index (κ3) is 3.75. The molecular weight excluding hydrogens is 298 g/mol. The second-order valence-corrected chi connectivity index (χ2v) is 6.13. The molecule has 2 aliphatic rings. The van der Waals surface area contributed by atoms with Gasteiger partial charge in [0.05, 0.1) is 12.5 Å². The third-order valence-electron chi connectivity index (χ3n) is 4.52. The smallest absolute Gasteiger partial charge is 0.306 e. The predicted molar refractivity (Wildman–Crippen MR) is 82.4 cm³/mol. The number of hydrogen-bond acceptors (Lipinski definition) is 4. The van der Waals surface area contributed by atoms with Crippen LogP contribution in [0.15, 0.2) is 24.3 Å². The van der Waals surface area contributed by atoms with Crippen LogP contribution in [-0.4, -0.2) is 36.2 Å². The molecule has 1 fully saturated rings. The largest absolute Gasteiger partial charge is 0.486 e. The Morgan fingerprint density at radius 2 is 1.74 bits per heavy atom. The Balaban J connectivity index is 1.44. The first-order valence-electron chi connectivity index (χ1n) is 8.02. The zero-order chi connectivity index (χ0) is 16.2. The lowest BCUT2D eigenvalue weighted by Crippen LogP contribution is -2.43. The topological polar surface area (TPSA) is 84.9 Å². The van der Waals surface area contributed by atoms with Crippen molar-refractivity contribution in [3.05, 3.63) is 24.3 Å². The number of ether oxygens (including phenoxy) is 2. The second-order valence-electron chi connectivity index (χ2n) is 6.13. The summed E-state index contributed by atoms with van der Waals surface area (Å²) in [6.45, 7) is 0.801. The van der Waals surface area contributed by atoms with Crippen molar-refractivity contribution in [3.8, 4) is 11.5 Å². The Hall–Kier alpha value is -2.24. The molecule has 6 nitrogen and oxygen atoms in total. The SMILES string of the molecule is O=C(O)C1CCC(C(=O)NCC2COc3ccccc3O2)CC1. The molecule has 3 rings (SSSR count). The van der Waals surface area contributed by atoms with Crippen LogP contribution in [0.1, 0.15) is 25.7 Å². The van der Waals surface area contributed by atoms with Crippen LogP contribution in [0.4, 0.5) is 0 Å². The third-order valence-corrected chi connectivity index (χ3v) is 4.52. The molecule has 1 saturated carbocycles. The van der Waals surface area contributed by atoms with Gasteiger partial charge in [0.2, 0.25) is 5.91 Å². The molecule has 1 amide bonds. The van der Waals surface area contributed by atoms with Crippen LogP contribution in [0.2, 0.25) is 0 Å². The number of carbonyl (C=O) groups is 2. The molecular formula is C17H21NO5. The number of nitrogens with one attached hydrogen (secondary N) is 1. The molecule has 1 aliphatic carbocycles. The van der Waals surface area contributed by atoms with E-state index >= 15 is 0 Å². The van der Waals surface area contributed by atoms with Gasteiger partial charge in [-0.05, 0) is 37.8 Å². The molecule has 23 heavy (non-hydrogen) atoms. The lowest BCUT2D eigenvalue weighted by Gasteiger charge is -2.28. The van der Waals surface area contributed by atoms with Crippen LogP contribution in [-0.2, 0) is 9.59 Å².